The van der Waals surface area contributed by atoms with Gasteiger partial charge in [0.25, 0.3) is 0 Å². The van der Waals surface area contributed by atoms with Crippen LogP contribution in [0.4, 0.5) is 0 Å². The van der Waals surface area contributed by atoms with E-state index in [0.29, 0.717) is 5.75 Å². The van der Waals surface area contributed by atoms with Gasteiger partial charge in [-0.1, -0.05) is 29.8 Å². The van der Waals surface area contributed by atoms with Crippen molar-refractivity contribution in [2.75, 3.05) is 5.75 Å². The number of rotatable bonds is 5. The fourth-order valence-corrected chi connectivity index (χ4v) is 2.10. The van der Waals surface area contributed by atoms with Crippen molar-refractivity contribution in [3.05, 3.63) is 35.4 Å². The van der Waals surface area contributed by atoms with Crippen LogP contribution in [0.25, 0.3) is 0 Å². The Morgan fingerprint density at radius 2 is 2.19 bits per heavy atom. The minimum Gasteiger partial charge on any atom is -0.462 e. The summed E-state index contributed by atoms with van der Waals surface area (Å²) in [4.78, 5) is 11.3. The lowest BCUT2D eigenvalue weighted by Gasteiger charge is -2.07. The lowest BCUT2D eigenvalue weighted by molar-refractivity contribution is -0.144. The topological polar surface area (TPSA) is 26.3 Å². The van der Waals surface area contributed by atoms with E-state index in [1.165, 1.54) is 11.1 Å². The largest absolute Gasteiger partial charge is 0.462 e. The molecule has 16 heavy (non-hydrogen) atoms. The third kappa shape index (κ3) is 5.21. The summed E-state index contributed by atoms with van der Waals surface area (Å²) in [6.07, 6.45) is -0.0212. The van der Waals surface area contributed by atoms with Crippen LogP contribution in [0.15, 0.2) is 24.3 Å². The van der Waals surface area contributed by atoms with Gasteiger partial charge in [0.2, 0.25) is 0 Å². The Hall–Kier alpha value is -0.960. The van der Waals surface area contributed by atoms with Crippen molar-refractivity contribution in [1.29, 1.82) is 0 Å². The second kappa shape index (κ2) is 6.59. The smallest absolute Gasteiger partial charge is 0.316 e. The molecular weight excluding hydrogens is 220 g/mol. The van der Waals surface area contributed by atoms with Gasteiger partial charge in [-0.15, -0.1) is 11.8 Å². The molecule has 1 rings (SSSR count). The van der Waals surface area contributed by atoms with E-state index < -0.39 is 0 Å². The van der Waals surface area contributed by atoms with Crippen LogP contribution in [0.2, 0.25) is 0 Å². The highest BCUT2D eigenvalue weighted by Gasteiger charge is 2.05. The van der Waals surface area contributed by atoms with E-state index in [9.17, 15) is 4.79 Å². The van der Waals surface area contributed by atoms with Crippen molar-refractivity contribution < 1.29 is 9.53 Å². The lowest BCUT2D eigenvalue weighted by atomic mass is 10.2. The predicted octanol–water partition coefficient (Wildman–Crippen LogP) is 3.18. The molecule has 3 heteroatoms. The van der Waals surface area contributed by atoms with Crippen molar-refractivity contribution >= 4 is 17.7 Å². The van der Waals surface area contributed by atoms with Gasteiger partial charge in [-0.3, -0.25) is 4.79 Å². The van der Waals surface area contributed by atoms with Crippen LogP contribution in [-0.4, -0.2) is 17.8 Å². The molecule has 0 fully saturated rings. The van der Waals surface area contributed by atoms with Gasteiger partial charge in [0, 0.05) is 5.75 Å². The Morgan fingerprint density at radius 1 is 1.44 bits per heavy atom. The standard InChI is InChI=1S/C13H18O2S/c1-10(2)15-13(14)9-16-8-12-6-4-5-11(3)7-12/h4-7,10H,8-9H2,1-3H3. The summed E-state index contributed by atoms with van der Waals surface area (Å²) in [5, 5.41) is 0. The summed E-state index contributed by atoms with van der Waals surface area (Å²) in [5.41, 5.74) is 2.50. The van der Waals surface area contributed by atoms with Gasteiger partial charge < -0.3 is 4.74 Å². The van der Waals surface area contributed by atoms with Crippen molar-refractivity contribution in [1.82, 2.24) is 0 Å². The number of carbonyl (C=O) groups is 1. The number of hydrogen-bond acceptors (Lipinski definition) is 3. The summed E-state index contributed by atoms with van der Waals surface area (Å²) < 4.78 is 5.05. The van der Waals surface area contributed by atoms with Crippen molar-refractivity contribution in [3.8, 4) is 0 Å². The molecule has 0 unspecified atom stereocenters. The lowest BCUT2D eigenvalue weighted by Crippen LogP contribution is -2.13. The second-order valence-corrected chi connectivity index (χ2v) is 5.01. The summed E-state index contributed by atoms with van der Waals surface area (Å²) in [6, 6.07) is 8.33. The highest BCUT2D eigenvalue weighted by Crippen LogP contribution is 2.13. The Balaban J connectivity index is 2.28. The van der Waals surface area contributed by atoms with E-state index in [2.05, 4.69) is 25.1 Å². The SMILES string of the molecule is Cc1cccc(CSCC(=O)OC(C)C)c1. The van der Waals surface area contributed by atoms with Gasteiger partial charge in [0.15, 0.2) is 0 Å². The molecule has 0 saturated heterocycles. The van der Waals surface area contributed by atoms with Gasteiger partial charge in [-0.2, -0.15) is 0 Å². The van der Waals surface area contributed by atoms with Gasteiger partial charge >= 0.3 is 5.97 Å². The van der Waals surface area contributed by atoms with E-state index in [4.69, 9.17) is 4.74 Å². The molecule has 1 aromatic rings. The molecule has 0 aliphatic rings. The highest BCUT2D eigenvalue weighted by molar-refractivity contribution is 7.99. The van der Waals surface area contributed by atoms with Crippen LogP contribution < -0.4 is 0 Å². The van der Waals surface area contributed by atoms with Crippen molar-refractivity contribution in [2.45, 2.75) is 32.6 Å². The highest BCUT2D eigenvalue weighted by atomic mass is 32.2. The van der Waals surface area contributed by atoms with Crippen LogP contribution in [-0.2, 0) is 15.3 Å². The maximum absolute atomic E-state index is 11.3. The Kier molecular flexibility index (Phi) is 5.39. The molecule has 2 nitrogen and oxygen atoms in total. The predicted molar refractivity (Wildman–Crippen MR) is 68.6 cm³/mol. The number of benzene rings is 1. The second-order valence-electron chi connectivity index (χ2n) is 4.02. The molecule has 0 saturated carbocycles. The van der Waals surface area contributed by atoms with Crippen LogP contribution in [0, 0.1) is 6.92 Å². The quantitative estimate of drug-likeness (QED) is 0.737. The number of thioether (sulfide) groups is 1. The summed E-state index contributed by atoms with van der Waals surface area (Å²) in [6.45, 7) is 5.80. The van der Waals surface area contributed by atoms with E-state index in [1.807, 2.05) is 19.9 Å². The zero-order valence-electron chi connectivity index (χ0n) is 10.0. The van der Waals surface area contributed by atoms with Crippen LogP contribution in [0.3, 0.4) is 0 Å². The Morgan fingerprint density at radius 3 is 2.81 bits per heavy atom. The first-order valence-electron chi connectivity index (χ1n) is 5.40. The minimum absolute atomic E-state index is 0.0212. The summed E-state index contributed by atoms with van der Waals surface area (Å²) in [5.74, 6) is 1.15. The first-order chi connectivity index (χ1) is 7.58. The molecule has 0 heterocycles. The zero-order chi connectivity index (χ0) is 12.0. The van der Waals surface area contributed by atoms with Crippen molar-refractivity contribution in [2.24, 2.45) is 0 Å². The number of ether oxygens (including phenoxy) is 1. The molecule has 1 aromatic carbocycles. The van der Waals surface area contributed by atoms with E-state index in [1.54, 1.807) is 11.8 Å². The summed E-state index contributed by atoms with van der Waals surface area (Å²) >= 11 is 1.59. The van der Waals surface area contributed by atoms with E-state index in [0.717, 1.165) is 5.75 Å². The molecule has 0 aliphatic heterocycles. The normalized spacial score (nSPS) is 10.5. The number of carbonyl (C=O) groups excluding carboxylic acids is 1. The number of aryl methyl sites for hydroxylation is 1. The van der Waals surface area contributed by atoms with Gasteiger partial charge in [-0.05, 0) is 26.3 Å². The molecule has 88 valence electrons. The molecule has 0 radical (unpaired) electrons. The number of esters is 1. The van der Waals surface area contributed by atoms with E-state index in [-0.39, 0.29) is 12.1 Å². The molecule has 0 N–H and O–H groups in total. The third-order valence-electron chi connectivity index (χ3n) is 1.94. The fraction of sp³-hybridized carbons (Fsp3) is 0.462. The van der Waals surface area contributed by atoms with Crippen LogP contribution in [0.1, 0.15) is 25.0 Å². The first kappa shape index (κ1) is 13.1. The van der Waals surface area contributed by atoms with Gasteiger partial charge in [0.1, 0.15) is 0 Å². The Bertz CT molecular complexity index is 348. The maximum Gasteiger partial charge on any atom is 0.316 e. The Labute approximate surface area is 101 Å². The third-order valence-corrected chi connectivity index (χ3v) is 2.92. The van der Waals surface area contributed by atoms with Crippen molar-refractivity contribution in [3.63, 3.8) is 0 Å². The molecular formula is C13H18O2S. The first-order valence-corrected chi connectivity index (χ1v) is 6.56. The van der Waals surface area contributed by atoms with Gasteiger partial charge in [-0.25, -0.2) is 0 Å². The zero-order valence-corrected chi connectivity index (χ0v) is 10.8. The van der Waals surface area contributed by atoms with Gasteiger partial charge in [0.05, 0.1) is 11.9 Å². The average Bonchev–Trinajstić information content (AvgIpc) is 2.16. The minimum atomic E-state index is -0.132. The molecule has 0 aliphatic carbocycles. The van der Waals surface area contributed by atoms with Crippen LogP contribution in [0.5, 0.6) is 0 Å². The fourth-order valence-electron chi connectivity index (χ4n) is 1.35. The van der Waals surface area contributed by atoms with Crippen LogP contribution >= 0.6 is 11.8 Å². The summed E-state index contributed by atoms with van der Waals surface area (Å²) in [7, 11) is 0. The number of hydrogen-bond donors (Lipinski definition) is 0. The molecule has 0 spiro atoms. The van der Waals surface area contributed by atoms with E-state index >= 15 is 0 Å². The average molecular weight is 238 g/mol. The monoisotopic (exact) mass is 238 g/mol. The molecule has 0 amide bonds. The molecule has 0 atom stereocenters. The molecule has 0 bridgehead atoms. The maximum atomic E-state index is 11.3. The molecule has 0 aromatic heterocycles.